The zero-order chi connectivity index (χ0) is 14.1. The number of fused-ring (bicyclic) bond motifs is 1. The molecule has 0 aliphatic rings. The Balaban J connectivity index is 2.16. The summed E-state index contributed by atoms with van der Waals surface area (Å²) in [5.41, 5.74) is 2.10. The van der Waals surface area contributed by atoms with Gasteiger partial charge in [-0.25, -0.2) is 4.39 Å². The average molecular weight is 350 g/mol. The lowest BCUT2D eigenvalue weighted by atomic mass is 9.98. The molecule has 0 saturated carbocycles. The lowest BCUT2D eigenvalue weighted by Gasteiger charge is -2.18. The molecule has 3 aromatic rings. The molecule has 0 saturated heterocycles. The van der Waals surface area contributed by atoms with Gasteiger partial charge in [-0.2, -0.15) is 0 Å². The lowest BCUT2D eigenvalue weighted by molar-refractivity contribution is 0.616. The summed E-state index contributed by atoms with van der Waals surface area (Å²) >= 11 is 5.08. The Morgan fingerprint density at radius 3 is 2.80 bits per heavy atom. The number of halogens is 2. The number of hydrogen-bond acceptors (Lipinski definition) is 2. The minimum Gasteiger partial charge on any atom is -0.309 e. The molecule has 3 rings (SSSR count). The van der Waals surface area contributed by atoms with Crippen LogP contribution in [0.3, 0.4) is 0 Å². The highest BCUT2D eigenvalue weighted by atomic mass is 79.9. The molecule has 0 radical (unpaired) electrons. The van der Waals surface area contributed by atoms with Crippen LogP contribution < -0.4 is 5.32 Å². The first kappa shape index (κ1) is 13.7. The van der Waals surface area contributed by atoms with Gasteiger partial charge in [0.05, 0.1) is 6.04 Å². The van der Waals surface area contributed by atoms with E-state index in [0.717, 1.165) is 10.0 Å². The van der Waals surface area contributed by atoms with Gasteiger partial charge in [0, 0.05) is 9.17 Å². The van der Waals surface area contributed by atoms with E-state index in [2.05, 4.69) is 44.8 Å². The molecule has 102 valence electrons. The SMILES string of the molecule is CNC(c1cc(F)cc(Br)c1)c1cccc2ccsc12. The van der Waals surface area contributed by atoms with Crippen molar-refractivity contribution in [3.8, 4) is 0 Å². The summed E-state index contributed by atoms with van der Waals surface area (Å²) in [6, 6.07) is 13.3. The molecular weight excluding hydrogens is 337 g/mol. The van der Waals surface area contributed by atoms with Crippen LogP contribution in [-0.4, -0.2) is 7.05 Å². The smallest absolute Gasteiger partial charge is 0.124 e. The van der Waals surface area contributed by atoms with Gasteiger partial charge in [0.2, 0.25) is 0 Å². The number of rotatable bonds is 3. The van der Waals surface area contributed by atoms with Crippen LogP contribution >= 0.6 is 27.3 Å². The van der Waals surface area contributed by atoms with Gasteiger partial charge in [0.15, 0.2) is 0 Å². The molecule has 1 N–H and O–H groups in total. The standard InChI is InChI=1S/C16H13BrFNS/c1-19-15(11-7-12(17)9-13(18)8-11)14-4-2-3-10-5-6-20-16(10)14/h2-9,15,19H,1H3. The summed E-state index contributed by atoms with van der Waals surface area (Å²) in [6.45, 7) is 0. The fraction of sp³-hybridized carbons (Fsp3) is 0.125. The maximum absolute atomic E-state index is 13.6. The molecule has 1 atom stereocenters. The number of hydrogen-bond donors (Lipinski definition) is 1. The molecule has 0 spiro atoms. The van der Waals surface area contributed by atoms with Gasteiger partial charge in [-0.05, 0) is 53.2 Å². The zero-order valence-corrected chi connectivity index (χ0v) is 13.3. The van der Waals surface area contributed by atoms with Gasteiger partial charge in [-0.1, -0.05) is 34.1 Å². The Morgan fingerprint density at radius 1 is 1.20 bits per heavy atom. The van der Waals surface area contributed by atoms with E-state index < -0.39 is 0 Å². The van der Waals surface area contributed by atoms with Crippen LogP contribution in [0, 0.1) is 5.82 Å². The van der Waals surface area contributed by atoms with Gasteiger partial charge in [-0.15, -0.1) is 11.3 Å². The molecule has 1 aromatic heterocycles. The average Bonchev–Trinajstić information content (AvgIpc) is 2.87. The van der Waals surface area contributed by atoms with Crippen LogP contribution in [0.1, 0.15) is 17.2 Å². The highest BCUT2D eigenvalue weighted by molar-refractivity contribution is 9.10. The van der Waals surface area contributed by atoms with Crippen molar-refractivity contribution in [1.82, 2.24) is 5.32 Å². The zero-order valence-electron chi connectivity index (χ0n) is 10.9. The maximum atomic E-state index is 13.6. The largest absolute Gasteiger partial charge is 0.309 e. The van der Waals surface area contributed by atoms with Crippen molar-refractivity contribution >= 4 is 37.4 Å². The Hall–Kier alpha value is -1.23. The van der Waals surface area contributed by atoms with Gasteiger partial charge in [0.25, 0.3) is 0 Å². The third kappa shape index (κ3) is 2.51. The Bertz CT molecular complexity index is 733. The molecular formula is C16H13BrFNS. The summed E-state index contributed by atoms with van der Waals surface area (Å²) in [7, 11) is 1.90. The molecule has 0 amide bonds. The van der Waals surface area contributed by atoms with E-state index in [1.165, 1.54) is 21.7 Å². The number of benzene rings is 2. The van der Waals surface area contributed by atoms with Crippen molar-refractivity contribution in [1.29, 1.82) is 0 Å². The molecule has 4 heteroatoms. The van der Waals surface area contributed by atoms with E-state index in [9.17, 15) is 4.39 Å². The fourth-order valence-corrected chi connectivity index (χ4v) is 3.91. The summed E-state index contributed by atoms with van der Waals surface area (Å²) in [4.78, 5) is 0. The first-order valence-corrected chi connectivity index (χ1v) is 7.95. The van der Waals surface area contributed by atoms with Crippen molar-refractivity contribution < 1.29 is 4.39 Å². The van der Waals surface area contributed by atoms with Gasteiger partial charge >= 0.3 is 0 Å². The van der Waals surface area contributed by atoms with Crippen LogP contribution in [0.5, 0.6) is 0 Å². The van der Waals surface area contributed by atoms with E-state index in [4.69, 9.17) is 0 Å². The molecule has 0 aliphatic heterocycles. The second-order valence-corrected chi connectivity index (χ2v) is 6.44. The van der Waals surface area contributed by atoms with Crippen molar-refractivity contribution in [2.24, 2.45) is 0 Å². The predicted molar refractivity (Wildman–Crippen MR) is 86.8 cm³/mol. The first-order chi connectivity index (χ1) is 9.69. The molecule has 1 unspecified atom stereocenters. The van der Waals surface area contributed by atoms with Gasteiger partial charge in [0.1, 0.15) is 5.82 Å². The monoisotopic (exact) mass is 349 g/mol. The van der Waals surface area contributed by atoms with Crippen LogP contribution in [0.25, 0.3) is 10.1 Å². The molecule has 0 bridgehead atoms. The van der Waals surface area contributed by atoms with Crippen molar-refractivity contribution in [3.05, 3.63) is 69.3 Å². The molecule has 0 aliphatic carbocycles. The molecule has 1 nitrogen and oxygen atoms in total. The van der Waals surface area contributed by atoms with Crippen LogP contribution in [0.15, 0.2) is 52.3 Å². The highest BCUT2D eigenvalue weighted by Gasteiger charge is 2.16. The molecule has 1 heterocycles. The second kappa shape index (κ2) is 5.64. The third-order valence-electron chi connectivity index (χ3n) is 3.33. The minimum atomic E-state index is -0.229. The summed E-state index contributed by atoms with van der Waals surface area (Å²) < 4.78 is 15.6. The van der Waals surface area contributed by atoms with E-state index in [1.54, 1.807) is 17.4 Å². The van der Waals surface area contributed by atoms with E-state index in [1.807, 2.05) is 19.2 Å². The van der Waals surface area contributed by atoms with Gasteiger partial charge in [-0.3, -0.25) is 0 Å². The summed E-state index contributed by atoms with van der Waals surface area (Å²) in [6.07, 6.45) is 0. The van der Waals surface area contributed by atoms with E-state index in [-0.39, 0.29) is 11.9 Å². The fourth-order valence-electron chi connectivity index (χ4n) is 2.49. The Kier molecular flexibility index (Phi) is 3.87. The topological polar surface area (TPSA) is 12.0 Å². The summed E-state index contributed by atoms with van der Waals surface area (Å²) in [5, 5.41) is 6.60. The number of nitrogens with one attached hydrogen (secondary N) is 1. The van der Waals surface area contributed by atoms with Crippen LogP contribution in [-0.2, 0) is 0 Å². The number of thiophene rings is 1. The van der Waals surface area contributed by atoms with Crippen LogP contribution in [0.2, 0.25) is 0 Å². The minimum absolute atomic E-state index is 0.0238. The lowest BCUT2D eigenvalue weighted by Crippen LogP contribution is -2.18. The van der Waals surface area contributed by atoms with Crippen LogP contribution in [0.4, 0.5) is 4.39 Å². The Labute approximate surface area is 129 Å². The molecule has 2 aromatic carbocycles. The van der Waals surface area contributed by atoms with E-state index in [0.29, 0.717) is 0 Å². The van der Waals surface area contributed by atoms with Crippen molar-refractivity contribution in [2.45, 2.75) is 6.04 Å². The molecule has 0 fully saturated rings. The highest BCUT2D eigenvalue weighted by Crippen LogP contribution is 2.33. The van der Waals surface area contributed by atoms with E-state index >= 15 is 0 Å². The predicted octanol–water partition coefficient (Wildman–Crippen LogP) is 5.11. The van der Waals surface area contributed by atoms with Crippen molar-refractivity contribution in [2.75, 3.05) is 7.05 Å². The maximum Gasteiger partial charge on any atom is 0.124 e. The molecule has 20 heavy (non-hydrogen) atoms. The van der Waals surface area contributed by atoms with Gasteiger partial charge < -0.3 is 5.32 Å². The quantitative estimate of drug-likeness (QED) is 0.692. The first-order valence-electron chi connectivity index (χ1n) is 6.28. The summed E-state index contributed by atoms with van der Waals surface area (Å²) in [5.74, 6) is -0.229. The second-order valence-electron chi connectivity index (χ2n) is 4.61. The normalized spacial score (nSPS) is 12.8. The van der Waals surface area contributed by atoms with Crippen molar-refractivity contribution in [3.63, 3.8) is 0 Å². The third-order valence-corrected chi connectivity index (χ3v) is 4.76. The Morgan fingerprint density at radius 2 is 2.05 bits per heavy atom.